The van der Waals surface area contributed by atoms with Gasteiger partial charge in [-0.3, -0.25) is 0 Å². The normalized spacial score (nSPS) is 14.4. The molecule has 0 aromatic carbocycles. The summed E-state index contributed by atoms with van der Waals surface area (Å²) in [5.74, 6) is -0.696. The van der Waals surface area contributed by atoms with Crippen molar-refractivity contribution in [1.82, 2.24) is 4.98 Å². The summed E-state index contributed by atoms with van der Waals surface area (Å²) < 4.78 is 25.8. The Hall–Kier alpha value is -0.960. The lowest BCUT2D eigenvalue weighted by Crippen LogP contribution is -1.86. The van der Waals surface area contributed by atoms with E-state index in [9.17, 15) is 4.39 Å². The molecule has 2 nitrogen and oxygen atoms in total. The first-order valence-corrected chi connectivity index (χ1v) is 2.34. The van der Waals surface area contributed by atoms with E-state index in [1.165, 1.54) is 0 Å². The van der Waals surface area contributed by atoms with Gasteiger partial charge >= 0.3 is 0 Å². The molecule has 1 aromatic rings. The van der Waals surface area contributed by atoms with Crippen LogP contribution in [0.1, 0.15) is 8.30 Å². The van der Waals surface area contributed by atoms with Crippen LogP contribution in [0.15, 0.2) is 18.3 Å². The van der Waals surface area contributed by atoms with Gasteiger partial charge in [0, 0.05) is 6.20 Å². The fraction of sp³-hybridized carbons (Fsp3) is 0.167. The summed E-state index contributed by atoms with van der Waals surface area (Å²) in [5, 5.41) is 8.75. The molecule has 48 valence electrons. The van der Waals surface area contributed by atoms with Crippen LogP contribution in [0.2, 0.25) is 0 Å². The number of hydrogen-bond donors (Lipinski definition) is 1. The van der Waals surface area contributed by atoms with Gasteiger partial charge in [-0.05, 0) is 11.6 Å². The van der Waals surface area contributed by atoms with E-state index >= 15 is 0 Å². The third-order valence-corrected chi connectivity index (χ3v) is 0.856. The van der Waals surface area contributed by atoms with Crippen molar-refractivity contribution < 1.29 is 12.2 Å². The number of hydrogen-bond acceptors (Lipinski definition) is 2. The lowest BCUT2D eigenvalue weighted by Gasteiger charge is -1.90. The smallest absolute Gasteiger partial charge is 0.212 e. The number of aliphatic hydroxyl groups is 1. The monoisotopic (exact) mass is 129 g/mol. The minimum Gasteiger partial charge on any atom is -0.392 e. The molecular formula is C6H6FNO. The maximum atomic E-state index is 12.2. The van der Waals surface area contributed by atoms with E-state index in [0.717, 1.165) is 18.3 Å². The topological polar surface area (TPSA) is 33.1 Å². The van der Waals surface area contributed by atoms with E-state index in [2.05, 4.69) is 4.98 Å². The highest BCUT2D eigenvalue weighted by molar-refractivity contribution is 5.07. The zero-order valence-corrected chi connectivity index (χ0v) is 4.50. The molecule has 0 radical (unpaired) electrons. The molecule has 0 saturated carbocycles. The molecule has 1 rings (SSSR count). The summed E-state index contributed by atoms with van der Waals surface area (Å²) in [6.45, 7) is -2.44. The predicted molar refractivity (Wildman–Crippen MR) is 30.1 cm³/mol. The van der Waals surface area contributed by atoms with Crippen molar-refractivity contribution in [3.8, 4) is 0 Å². The summed E-state index contributed by atoms with van der Waals surface area (Å²) in [5.41, 5.74) is -0.0566. The van der Waals surface area contributed by atoms with Gasteiger partial charge < -0.3 is 5.11 Å². The third-order valence-electron chi connectivity index (χ3n) is 0.856. The Morgan fingerprint density at radius 3 is 3.00 bits per heavy atom. The van der Waals surface area contributed by atoms with Crippen molar-refractivity contribution in [3.63, 3.8) is 0 Å². The van der Waals surface area contributed by atoms with Gasteiger partial charge in [-0.1, -0.05) is 6.07 Å². The molecule has 0 saturated heterocycles. The van der Waals surface area contributed by atoms with Crippen molar-refractivity contribution in [2.75, 3.05) is 0 Å². The van der Waals surface area contributed by atoms with Gasteiger partial charge in [-0.15, -0.1) is 0 Å². The number of aromatic nitrogens is 1. The Labute approximate surface area is 54.8 Å². The first kappa shape index (κ1) is 3.95. The molecule has 0 unspecified atom stereocenters. The SMILES string of the molecule is [2H]C([2H])(O)c1ccc(F)nc1. The van der Waals surface area contributed by atoms with Crippen molar-refractivity contribution in [2.45, 2.75) is 6.56 Å². The summed E-state index contributed by atoms with van der Waals surface area (Å²) in [7, 11) is 0. The largest absolute Gasteiger partial charge is 0.392 e. The molecule has 1 N–H and O–H groups in total. The molecule has 1 aromatic heterocycles. The summed E-state index contributed by atoms with van der Waals surface area (Å²) in [4.78, 5) is 3.18. The zero-order valence-electron chi connectivity index (χ0n) is 6.50. The highest BCUT2D eigenvalue weighted by atomic mass is 19.1. The predicted octanol–water partition coefficient (Wildman–Crippen LogP) is 0.713. The van der Waals surface area contributed by atoms with Gasteiger partial charge in [0.1, 0.15) is 0 Å². The highest BCUT2D eigenvalue weighted by Gasteiger charge is 1.89. The molecule has 0 aliphatic rings. The average Bonchev–Trinajstić information content (AvgIpc) is 1.86. The van der Waals surface area contributed by atoms with Gasteiger partial charge in [0.25, 0.3) is 0 Å². The van der Waals surface area contributed by atoms with Gasteiger partial charge in [-0.25, -0.2) is 4.98 Å². The minimum atomic E-state index is -2.44. The van der Waals surface area contributed by atoms with Crippen LogP contribution in [0, 0.1) is 5.95 Å². The minimum absolute atomic E-state index is 0.0566. The molecule has 3 heteroatoms. The number of nitrogens with zero attached hydrogens (tertiary/aromatic N) is 1. The van der Waals surface area contributed by atoms with Crippen LogP contribution in [0.25, 0.3) is 0 Å². The molecule has 0 fully saturated rings. The van der Waals surface area contributed by atoms with Gasteiger partial charge in [0.2, 0.25) is 5.95 Å². The lowest BCUT2D eigenvalue weighted by atomic mass is 10.3. The van der Waals surface area contributed by atoms with Crippen molar-refractivity contribution in [2.24, 2.45) is 0 Å². The lowest BCUT2D eigenvalue weighted by molar-refractivity contribution is 0.281. The van der Waals surface area contributed by atoms with Crippen molar-refractivity contribution >= 4 is 0 Å². The van der Waals surface area contributed by atoms with Crippen LogP contribution < -0.4 is 0 Å². The Kier molecular flexibility index (Phi) is 1.12. The third kappa shape index (κ3) is 1.47. The Morgan fingerprint density at radius 2 is 2.56 bits per heavy atom. The summed E-state index contributed by atoms with van der Waals surface area (Å²) >= 11 is 0. The molecule has 1 heterocycles. The molecular weight excluding hydrogens is 121 g/mol. The Morgan fingerprint density at radius 1 is 1.78 bits per heavy atom. The number of pyridine rings is 1. The van der Waals surface area contributed by atoms with Gasteiger partial charge in [-0.2, -0.15) is 4.39 Å². The standard InChI is InChI=1S/C6H6FNO/c7-6-2-1-5(4-9)3-8-6/h1-3,9H,4H2/i4D2. The zero-order chi connectivity index (χ0) is 8.48. The van der Waals surface area contributed by atoms with Crippen LogP contribution in [0.5, 0.6) is 0 Å². The van der Waals surface area contributed by atoms with E-state index in [-0.39, 0.29) is 5.56 Å². The fourth-order valence-electron chi connectivity index (χ4n) is 0.442. The molecule has 0 aliphatic heterocycles. The van der Waals surface area contributed by atoms with Crippen molar-refractivity contribution in [3.05, 3.63) is 29.8 Å². The van der Waals surface area contributed by atoms with Gasteiger partial charge in [0.05, 0.1) is 9.30 Å². The molecule has 9 heavy (non-hydrogen) atoms. The highest BCUT2D eigenvalue weighted by Crippen LogP contribution is 1.96. The number of rotatable bonds is 1. The molecule has 0 atom stereocenters. The van der Waals surface area contributed by atoms with Crippen LogP contribution in [0.3, 0.4) is 0 Å². The average molecular weight is 129 g/mol. The molecule has 0 bridgehead atoms. The second-order valence-corrected chi connectivity index (χ2v) is 1.48. The maximum absolute atomic E-state index is 12.2. The Balaban J connectivity index is 2.99. The Bertz CT molecular complexity index is 244. The van der Waals surface area contributed by atoms with Gasteiger partial charge in [0.15, 0.2) is 0 Å². The van der Waals surface area contributed by atoms with E-state index in [4.69, 9.17) is 7.85 Å². The van der Waals surface area contributed by atoms with E-state index in [1.54, 1.807) is 0 Å². The van der Waals surface area contributed by atoms with E-state index in [0.29, 0.717) is 0 Å². The van der Waals surface area contributed by atoms with Crippen LogP contribution in [-0.2, 0) is 6.56 Å². The molecule has 0 aliphatic carbocycles. The number of halogens is 1. The molecule has 0 amide bonds. The van der Waals surface area contributed by atoms with Crippen LogP contribution in [-0.4, -0.2) is 10.1 Å². The van der Waals surface area contributed by atoms with Crippen LogP contribution in [0.4, 0.5) is 4.39 Å². The van der Waals surface area contributed by atoms with Crippen molar-refractivity contribution in [1.29, 1.82) is 0 Å². The van der Waals surface area contributed by atoms with E-state index < -0.39 is 12.5 Å². The summed E-state index contributed by atoms with van der Waals surface area (Å²) in [6.07, 6.45) is 0.954. The first-order valence-electron chi connectivity index (χ1n) is 3.34. The maximum Gasteiger partial charge on any atom is 0.212 e. The van der Waals surface area contributed by atoms with E-state index in [1.807, 2.05) is 0 Å². The second kappa shape index (κ2) is 2.55. The quantitative estimate of drug-likeness (QED) is 0.566. The first-order chi connectivity index (χ1) is 5.00. The van der Waals surface area contributed by atoms with Crippen LogP contribution >= 0.6 is 0 Å². The second-order valence-electron chi connectivity index (χ2n) is 1.48. The molecule has 0 spiro atoms. The fourth-order valence-corrected chi connectivity index (χ4v) is 0.442. The summed E-state index contributed by atoms with van der Waals surface area (Å²) in [6, 6.07) is 2.13.